The van der Waals surface area contributed by atoms with Gasteiger partial charge in [-0.05, 0) is 13.8 Å². The molecule has 14 heavy (non-hydrogen) atoms. The average Bonchev–Trinajstić information content (AvgIpc) is 2.54. The van der Waals surface area contributed by atoms with Gasteiger partial charge in [-0.25, -0.2) is 0 Å². The van der Waals surface area contributed by atoms with Crippen molar-refractivity contribution in [2.24, 2.45) is 0 Å². The molecule has 0 unspecified atom stereocenters. The molecule has 0 spiro atoms. The first-order valence-electron chi connectivity index (χ1n) is 5.00. The van der Waals surface area contributed by atoms with Crippen molar-refractivity contribution >= 4 is 0 Å². The Bertz CT molecular complexity index is 220. The van der Waals surface area contributed by atoms with Gasteiger partial charge >= 0.3 is 0 Å². The second-order valence-electron chi connectivity index (χ2n) is 4.11. The third-order valence-corrected chi connectivity index (χ3v) is 3.32. The smallest absolute Gasteiger partial charge is 0.146 e. The fourth-order valence-electron chi connectivity index (χ4n) is 2.66. The minimum Gasteiger partial charge on any atom is -0.381 e. The van der Waals surface area contributed by atoms with Gasteiger partial charge in [-0.1, -0.05) is 0 Å². The Morgan fingerprint density at radius 3 is 2.57 bits per heavy atom. The van der Waals surface area contributed by atoms with Crippen molar-refractivity contribution in [3.05, 3.63) is 0 Å². The molecule has 2 bridgehead atoms. The van der Waals surface area contributed by atoms with Crippen molar-refractivity contribution in [2.75, 3.05) is 20.8 Å². The van der Waals surface area contributed by atoms with Crippen LogP contribution in [0.2, 0.25) is 0 Å². The van der Waals surface area contributed by atoms with E-state index in [-0.39, 0.29) is 24.4 Å². The molecular weight excluding hydrogens is 184 g/mol. The number of ether oxygens (including phenoxy) is 4. The molecule has 0 amide bonds. The first kappa shape index (κ1) is 10.4. The summed E-state index contributed by atoms with van der Waals surface area (Å²) < 4.78 is 22.4. The van der Waals surface area contributed by atoms with E-state index >= 15 is 0 Å². The highest BCUT2D eigenvalue weighted by Crippen LogP contribution is 2.45. The summed E-state index contributed by atoms with van der Waals surface area (Å²) in [4.78, 5) is 0. The van der Waals surface area contributed by atoms with Crippen LogP contribution in [-0.4, -0.2) is 50.8 Å². The predicted octanol–water partition coefficient (Wildman–Crippen LogP) is 0.593. The molecule has 0 saturated carbocycles. The second-order valence-corrected chi connectivity index (χ2v) is 4.11. The Balaban J connectivity index is 2.25. The molecule has 2 aliphatic heterocycles. The highest BCUT2D eigenvalue weighted by Gasteiger charge is 2.64. The molecule has 4 nitrogen and oxygen atoms in total. The first-order valence-corrected chi connectivity index (χ1v) is 5.00. The molecule has 2 fully saturated rings. The topological polar surface area (TPSA) is 36.9 Å². The Hall–Kier alpha value is -0.160. The van der Waals surface area contributed by atoms with Crippen LogP contribution in [0, 0.1) is 0 Å². The summed E-state index contributed by atoms with van der Waals surface area (Å²) in [5, 5.41) is 0. The van der Waals surface area contributed by atoms with Gasteiger partial charge in [-0.15, -0.1) is 0 Å². The number of hydrogen-bond donors (Lipinski definition) is 0. The molecule has 0 aromatic carbocycles. The summed E-state index contributed by atoms with van der Waals surface area (Å²) >= 11 is 0. The van der Waals surface area contributed by atoms with Crippen LogP contribution in [0.15, 0.2) is 0 Å². The lowest BCUT2D eigenvalue weighted by Crippen LogP contribution is -2.50. The molecule has 0 aromatic heterocycles. The summed E-state index contributed by atoms with van der Waals surface area (Å²) in [6.45, 7) is 4.55. The van der Waals surface area contributed by atoms with Crippen LogP contribution in [-0.2, 0) is 18.9 Å². The fourth-order valence-corrected chi connectivity index (χ4v) is 2.66. The average molecular weight is 202 g/mol. The lowest BCUT2D eigenvalue weighted by Gasteiger charge is -2.34. The van der Waals surface area contributed by atoms with Gasteiger partial charge in [-0.3, -0.25) is 0 Å². The molecule has 0 radical (unpaired) electrons. The number of rotatable bonds is 3. The molecule has 2 aliphatic rings. The largest absolute Gasteiger partial charge is 0.381 e. The molecular formula is C10H18O4. The van der Waals surface area contributed by atoms with Crippen LogP contribution in [0.25, 0.3) is 0 Å². The molecule has 2 saturated heterocycles. The second kappa shape index (κ2) is 3.45. The molecule has 0 aromatic rings. The van der Waals surface area contributed by atoms with Crippen LogP contribution in [0.1, 0.15) is 13.8 Å². The van der Waals surface area contributed by atoms with E-state index in [1.807, 2.05) is 13.8 Å². The van der Waals surface area contributed by atoms with Crippen molar-refractivity contribution < 1.29 is 18.9 Å². The molecule has 4 heteroatoms. The minimum atomic E-state index is -0.409. The molecule has 5 atom stereocenters. The standard InChI is InChI=1S/C10H18O4/c1-6-8-9(12-4)10(14-6,5-11-3)7(2)13-8/h6-9H,5H2,1-4H3/t6-,7+,8+,9+,10+/m0/s1. The Morgan fingerprint density at radius 1 is 1.29 bits per heavy atom. The van der Waals surface area contributed by atoms with Gasteiger partial charge in [0.25, 0.3) is 0 Å². The highest BCUT2D eigenvalue weighted by atomic mass is 16.7. The summed E-state index contributed by atoms with van der Waals surface area (Å²) in [6.07, 6.45) is 0.164. The van der Waals surface area contributed by atoms with Gasteiger partial charge in [0.15, 0.2) is 0 Å². The third-order valence-electron chi connectivity index (χ3n) is 3.32. The maximum absolute atomic E-state index is 5.93. The fraction of sp³-hybridized carbons (Fsp3) is 1.00. The van der Waals surface area contributed by atoms with Gasteiger partial charge in [-0.2, -0.15) is 0 Å². The maximum Gasteiger partial charge on any atom is 0.146 e. The Labute approximate surface area is 84.5 Å². The Kier molecular flexibility index (Phi) is 2.55. The molecule has 2 heterocycles. The van der Waals surface area contributed by atoms with E-state index in [9.17, 15) is 0 Å². The zero-order valence-corrected chi connectivity index (χ0v) is 9.15. The van der Waals surface area contributed by atoms with Crippen molar-refractivity contribution in [2.45, 2.75) is 43.9 Å². The van der Waals surface area contributed by atoms with Gasteiger partial charge in [0.2, 0.25) is 0 Å². The van der Waals surface area contributed by atoms with Gasteiger partial charge in [0.1, 0.15) is 17.8 Å². The molecule has 0 aliphatic carbocycles. The van der Waals surface area contributed by atoms with Crippen molar-refractivity contribution in [3.63, 3.8) is 0 Å². The van der Waals surface area contributed by atoms with E-state index in [1.165, 1.54) is 0 Å². The van der Waals surface area contributed by atoms with Gasteiger partial charge < -0.3 is 18.9 Å². The zero-order valence-electron chi connectivity index (χ0n) is 9.15. The van der Waals surface area contributed by atoms with Crippen LogP contribution in [0.3, 0.4) is 0 Å². The van der Waals surface area contributed by atoms with Crippen LogP contribution in [0.4, 0.5) is 0 Å². The highest BCUT2D eigenvalue weighted by molar-refractivity contribution is 5.11. The van der Waals surface area contributed by atoms with Crippen LogP contribution in [0.5, 0.6) is 0 Å². The molecule has 2 rings (SSSR count). The monoisotopic (exact) mass is 202 g/mol. The van der Waals surface area contributed by atoms with Crippen molar-refractivity contribution in [1.29, 1.82) is 0 Å². The third kappa shape index (κ3) is 1.15. The zero-order chi connectivity index (χ0) is 10.3. The summed E-state index contributed by atoms with van der Waals surface area (Å²) in [7, 11) is 3.37. The summed E-state index contributed by atoms with van der Waals surface area (Å²) in [5.74, 6) is 0. The van der Waals surface area contributed by atoms with E-state index in [2.05, 4.69) is 0 Å². The van der Waals surface area contributed by atoms with Crippen LogP contribution >= 0.6 is 0 Å². The summed E-state index contributed by atoms with van der Waals surface area (Å²) in [6, 6.07) is 0. The van der Waals surface area contributed by atoms with E-state index in [0.29, 0.717) is 6.61 Å². The minimum absolute atomic E-state index is 0.00699. The summed E-state index contributed by atoms with van der Waals surface area (Å²) in [5.41, 5.74) is -0.409. The number of hydrogen-bond acceptors (Lipinski definition) is 4. The normalized spacial score (nSPS) is 51.4. The first-order chi connectivity index (χ1) is 6.65. The predicted molar refractivity (Wildman–Crippen MR) is 50.3 cm³/mol. The quantitative estimate of drug-likeness (QED) is 0.671. The lowest BCUT2D eigenvalue weighted by molar-refractivity contribution is -0.194. The lowest BCUT2D eigenvalue weighted by atomic mass is 9.94. The van der Waals surface area contributed by atoms with Crippen molar-refractivity contribution in [1.82, 2.24) is 0 Å². The molecule has 82 valence electrons. The van der Waals surface area contributed by atoms with E-state index < -0.39 is 5.60 Å². The number of methoxy groups -OCH3 is 2. The maximum atomic E-state index is 5.93. The van der Waals surface area contributed by atoms with E-state index in [0.717, 1.165) is 0 Å². The van der Waals surface area contributed by atoms with E-state index in [1.54, 1.807) is 14.2 Å². The van der Waals surface area contributed by atoms with Crippen LogP contribution < -0.4 is 0 Å². The van der Waals surface area contributed by atoms with Crippen molar-refractivity contribution in [3.8, 4) is 0 Å². The van der Waals surface area contributed by atoms with Gasteiger partial charge in [0, 0.05) is 14.2 Å². The number of fused-ring (bicyclic) bond motifs is 2. The van der Waals surface area contributed by atoms with Gasteiger partial charge in [0.05, 0.1) is 18.8 Å². The van der Waals surface area contributed by atoms with E-state index in [4.69, 9.17) is 18.9 Å². The Morgan fingerprint density at radius 2 is 2.00 bits per heavy atom. The molecule has 0 N–H and O–H groups in total. The SMILES string of the molecule is COC[C@@]12O[C@@H](C)[C@@H](O[C@@H]1C)[C@H]2OC.